The van der Waals surface area contributed by atoms with Crippen molar-refractivity contribution in [3.05, 3.63) is 47.3 Å². The number of nitrogens with one attached hydrogen (secondary N) is 1. The molecule has 0 aliphatic heterocycles. The summed E-state index contributed by atoms with van der Waals surface area (Å²) in [4.78, 5) is 0. The Morgan fingerprint density at radius 3 is 2.26 bits per heavy atom. The predicted molar refractivity (Wildman–Crippen MR) is 76.8 cm³/mol. The molecule has 102 valence electrons. The van der Waals surface area contributed by atoms with E-state index in [-0.39, 0.29) is 0 Å². The maximum atomic E-state index is 4.07. The maximum Gasteiger partial charge on any atom is 0.0964 e. The molecule has 0 radical (unpaired) electrons. The van der Waals surface area contributed by atoms with Crippen molar-refractivity contribution in [1.82, 2.24) is 20.3 Å². The van der Waals surface area contributed by atoms with Gasteiger partial charge < -0.3 is 5.32 Å². The third kappa shape index (κ3) is 3.64. The zero-order valence-electron chi connectivity index (χ0n) is 12.1. The molecule has 0 spiro atoms. The van der Waals surface area contributed by atoms with Gasteiger partial charge in [0.2, 0.25) is 0 Å². The largest absolute Gasteiger partial charge is 0.304 e. The summed E-state index contributed by atoms with van der Waals surface area (Å²) in [5, 5.41) is 11.5. The SMILES string of the molecule is CC(C)c1ccc(C(C)NCc2cn(C)nn2)cc1. The van der Waals surface area contributed by atoms with Crippen LogP contribution in [0.3, 0.4) is 0 Å². The van der Waals surface area contributed by atoms with E-state index in [9.17, 15) is 0 Å². The first-order valence-electron chi connectivity index (χ1n) is 6.74. The van der Waals surface area contributed by atoms with Gasteiger partial charge in [-0.2, -0.15) is 0 Å². The van der Waals surface area contributed by atoms with Gasteiger partial charge in [-0.1, -0.05) is 43.3 Å². The molecule has 0 saturated carbocycles. The Balaban J connectivity index is 1.94. The molecule has 1 unspecified atom stereocenters. The molecular weight excluding hydrogens is 236 g/mol. The molecular formula is C15H22N4. The van der Waals surface area contributed by atoms with Crippen LogP contribution in [0.15, 0.2) is 30.5 Å². The van der Waals surface area contributed by atoms with E-state index in [0.29, 0.717) is 12.0 Å². The molecule has 19 heavy (non-hydrogen) atoms. The molecule has 0 fully saturated rings. The standard InChI is InChI=1S/C15H22N4/c1-11(2)13-5-7-14(8-6-13)12(3)16-9-15-10-19(4)18-17-15/h5-8,10-12,16H,9H2,1-4H3. The van der Waals surface area contributed by atoms with Crippen molar-refractivity contribution in [3.63, 3.8) is 0 Å². The minimum Gasteiger partial charge on any atom is -0.304 e. The van der Waals surface area contributed by atoms with Crippen molar-refractivity contribution in [3.8, 4) is 0 Å². The normalized spacial score (nSPS) is 12.9. The molecule has 1 aromatic heterocycles. The minimum atomic E-state index is 0.309. The van der Waals surface area contributed by atoms with Gasteiger partial charge in [-0.3, -0.25) is 4.68 Å². The van der Waals surface area contributed by atoms with Gasteiger partial charge in [0.1, 0.15) is 0 Å². The first-order chi connectivity index (χ1) is 9.06. The van der Waals surface area contributed by atoms with Crippen LogP contribution < -0.4 is 5.32 Å². The molecule has 0 bridgehead atoms. The number of nitrogens with zero attached hydrogens (tertiary/aromatic N) is 3. The van der Waals surface area contributed by atoms with Crippen LogP contribution in [0.25, 0.3) is 0 Å². The van der Waals surface area contributed by atoms with E-state index in [1.807, 2.05) is 13.2 Å². The molecule has 1 N–H and O–H groups in total. The van der Waals surface area contributed by atoms with Gasteiger partial charge in [-0.05, 0) is 24.0 Å². The summed E-state index contributed by atoms with van der Waals surface area (Å²) in [7, 11) is 1.88. The molecule has 0 aliphatic carbocycles. The van der Waals surface area contributed by atoms with Crippen LogP contribution in [0.5, 0.6) is 0 Å². The summed E-state index contributed by atoms with van der Waals surface area (Å²) in [6.07, 6.45) is 1.93. The number of hydrogen-bond acceptors (Lipinski definition) is 3. The Morgan fingerprint density at radius 2 is 1.74 bits per heavy atom. The van der Waals surface area contributed by atoms with E-state index < -0.39 is 0 Å². The van der Waals surface area contributed by atoms with Gasteiger partial charge in [0.15, 0.2) is 0 Å². The van der Waals surface area contributed by atoms with Crippen LogP contribution >= 0.6 is 0 Å². The highest BCUT2D eigenvalue weighted by Crippen LogP contribution is 2.18. The lowest BCUT2D eigenvalue weighted by molar-refractivity contribution is 0.566. The minimum absolute atomic E-state index is 0.309. The quantitative estimate of drug-likeness (QED) is 0.896. The van der Waals surface area contributed by atoms with E-state index in [1.54, 1.807) is 4.68 Å². The summed E-state index contributed by atoms with van der Waals surface area (Å²) >= 11 is 0. The molecule has 1 heterocycles. The van der Waals surface area contributed by atoms with Crippen molar-refractivity contribution < 1.29 is 0 Å². The molecule has 0 aliphatic rings. The maximum absolute atomic E-state index is 4.07. The molecule has 2 aromatic rings. The van der Waals surface area contributed by atoms with Crippen molar-refractivity contribution in [2.45, 2.75) is 39.3 Å². The van der Waals surface area contributed by atoms with E-state index in [1.165, 1.54) is 11.1 Å². The summed E-state index contributed by atoms with van der Waals surface area (Å²) < 4.78 is 1.72. The number of aryl methyl sites for hydroxylation is 1. The third-order valence-electron chi connectivity index (χ3n) is 3.34. The summed E-state index contributed by atoms with van der Waals surface area (Å²) in [5.74, 6) is 0.580. The van der Waals surface area contributed by atoms with Gasteiger partial charge >= 0.3 is 0 Å². The number of benzene rings is 1. The molecule has 4 heteroatoms. The number of rotatable bonds is 5. The van der Waals surface area contributed by atoms with Gasteiger partial charge in [0.05, 0.1) is 5.69 Å². The van der Waals surface area contributed by atoms with E-state index in [4.69, 9.17) is 0 Å². The van der Waals surface area contributed by atoms with Crippen LogP contribution in [0.4, 0.5) is 0 Å². The van der Waals surface area contributed by atoms with Crippen molar-refractivity contribution in [2.75, 3.05) is 0 Å². The third-order valence-corrected chi connectivity index (χ3v) is 3.34. The van der Waals surface area contributed by atoms with Gasteiger partial charge in [-0.15, -0.1) is 5.10 Å². The highest BCUT2D eigenvalue weighted by Gasteiger charge is 2.07. The fourth-order valence-electron chi connectivity index (χ4n) is 2.02. The highest BCUT2D eigenvalue weighted by molar-refractivity contribution is 5.26. The van der Waals surface area contributed by atoms with Gasteiger partial charge in [0, 0.05) is 25.8 Å². The fraction of sp³-hybridized carbons (Fsp3) is 0.467. The lowest BCUT2D eigenvalue weighted by Gasteiger charge is -2.14. The molecule has 1 atom stereocenters. The predicted octanol–water partition coefficient (Wildman–Crippen LogP) is 2.79. The van der Waals surface area contributed by atoms with Gasteiger partial charge in [0.25, 0.3) is 0 Å². The van der Waals surface area contributed by atoms with Crippen LogP contribution in [-0.2, 0) is 13.6 Å². The summed E-state index contributed by atoms with van der Waals surface area (Å²) in [6, 6.07) is 9.12. The monoisotopic (exact) mass is 258 g/mol. The van der Waals surface area contributed by atoms with Crippen LogP contribution in [0.1, 0.15) is 49.6 Å². The Labute approximate surface area is 114 Å². The second kappa shape index (κ2) is 5.97. The smallest absolute Gasteiger partial charge is 0.0964 e. The zero-order chi connectivity index (χ0) is 13.8. The summed E-state index contributed by atoms with van der Waals surface area (Å²) in [5.41, 5.74) is 3.64. The van der Waals surface area contributed by atoms with Crippen LogP contribution in [0, 0.1) is 0 Å². The molecule has 1 aromatic carbocycles. The topological polar surface area (TPSA) is 42.7 Å². The lowest BCUT2D eigenvalue weighted by Crippen LogP contribution is -2.18. The van der Waals surface area contributed by atoms with Crippen molar-refractivity contribution >= 4 is 0 Å². The molecule has 0 amide bonds. The van der Waals surface area contributed by atoms with E-state index >= 15 is 0 Å². The molecule has 0 saturated heterocycles. The first-order valence-corrected chi connectivity index (χ1v) is 6.74. The second-order valence-electron chi connectivity index (χ2n) is 5.31. The van der Waals surface area contributed by atoms with E-state index in [2.05, 4.69) is 60.7 Å². The van der Waals surface area contributed by atoms with Crippen LogP contribution in [0.2, 0.25) is 0 Å². The van der Waals surface area contributed by atoms with Gasteiger partial charge in [-0.25, -0.2) is 0 Å². The average molecular weight is 258 g/mol. The first kappa shape index (κ1) is 13.7. The highest BCUT2D eigenvalue weighted by atomic mass is 15.4. The Morgan fingerprint density at radius 1 is 1.11 bits per heavy atom. The number of aromatic nitrogens is 3. The second-order valence-corrected chi connectivity index (χ2v) is 5.31. The van der Waals surface area contributed by atoms with Crippen molar-refractivity contribution in [1.29, 1.82) is 0 Å². The Bertz CT molecular complexity index is 513. The van der Waals surface area contributed by atoms with Crippen molar-refractivity contribution in [2.24, 2.45) is 7.05 Å². The fourth-order valence-corrected chi connectivity index (χ4v) is 2.02. The average Bonchev–Trinajstić information content (AvgIpc) is 2.82. The molecule has 2 rings (SSSR count). The van der Waals surface area contributed by atoms with Crippen LogP contribution in [-0.4, -0.2) is 15.0 Å². The Kier molecular flexibility index (Phi) is 4.32. The Hall–Kier alpha value is -1.68. The summed E-state index contributed by atoms with van der Waals surface area (Å²) in [6.45, 7) is 7.33. The van der Waals surface area contributed by atoms with E-state index in [0.717, 1.165) is 12.2 Å². The number of hydrogen-bond donors (Lipinski definition) is 1. The molecule has 4 nitrogen and oxygen atoms in total. The zero-order valence-corrected chi connectivity index (χ0v) is 12.1. The lowest BCUT2D eigenvalue weighted by atomic mass is 9.99.